The molecule has 1 aromatic heterocycles. The molecule has 31 heavy (non-hydrogen) atoms. The maximum atomic E-state index is 13.1. The fourth-order valence-corrected chi connectivity index (χ4v) is 4.17. The largest absolute Gasteiger partial charge is 0.481 e. The zero-order valence-electron chi connectivity index (χ0n) is 17.1. The van der Waals surface area contributed by atoms with E-state index < -0.39 is 17.3 Å². The highest BCUT2D eigenvalue weighted by Gasteiger charge is 2.37. The number of hydrogen-bond acceptors (Lipinski definition) is 5. The van der Waals surface area contributed by atoms with Crippen LogP contribution in [-0.2, 0) is 15.0 Å². The van der Waals surface area contributed by atoms with Crippen molar-refractivity contribution in [3.05, 3.63) is 65.9 Å². The maximum absolute atomic E-state index is 13.1. The normalized spacial score (nSPS) is 12.6. The van der Waals surface area contributed by atoms with Gasteiger partial charge in [-0.15, -0.1) is 0 Å². The van der Waals surface area contributed by atoms with Gasteiger partial charge in [0.25, 0.3) is 0 Å². The molecule has 1 amide bonds. The molecular weight excluding hydrogens is 414 g/mol. The Morgan fingerprint density at radius 2 is 1.77 bits per heavy atom. The van der Waals surface area contributed by atoms with Gasteiger partial charge in [0.2, 0.25) is 11.0 Å². The van der Waals surface area contributed by atoms with Crippen molar-refractivity contribution in [3.63, 3.8) is 0 Å². The number of guanidine groups is 1. The van der Waals surface area contributed by atoms with E-state index >= 15 is 0 Å². The average molecular weight is 438 g/mol. The van der Waals surface area contributed by atoms with Crippen LogP contribution in [0.15, 0.2) is 59.6 Å². The summed E-state index contributed by atoms with van der Waals surface area (Å²) in [5.74, 6) is -1.49. The Hall–Kier alpha value is -3.72. The molecule has 0 aliphatic rings. The van der Waals surface area contributed by atoms with E-state index in [1.54, 1.807) is 43.3 Å². The summed E-state index contributed by atoms with van der Waals surface area (Å²) in [4.78, 5) is 33.7. The molecule has 0 spiro atoms. The highest BCUT2D eigenvalue weighted by atomic mass is 32.1. The number of amides is 1. The first-order chi connectivity index (χ1) is 14.7. The zero-order valence-corrected chi connectivity index (χ0v) is 17.9. The molecular formula is C22H23N5O3S. The Kier molecular flexibility index (Phi) is 6.36. The Morgan fingerprint density at radius 3 is 2.35 bits per heavy atom. The minimum atomic E-state index is -1.21. The number of nitrogens with two attached hydrogens (primary N) is 2. The van der Waals surface area contributed by atoms with Crippen molar-refractivity contribution >= 4 is 40.0 Å². The van der Waals surface area contributed by atoms with Gasteiger partial charge in [-0.2, -0.15) is 4.99 Å². The minimum Gasteiger partial charge on any atom is -0.481 e. The molecule has 1 atom stereocenters. The second-order valence-electron chi connectivity index (χ2n) is 7.25. The molecule has 0 bridgehead atoms. The second-order valence-corrected chi connectivity index (χ2v) is 8.23. The van der Waals surface area contributed by atoms with E-state index in [4.69, 9.17) is 11.5 Å². The number of carboxylic acids is 1. The van der Waals surface area contributed by atoms with Crippen molar-refractivity contribution < 1.29 is 14.7 Å². The number of aryl methyl sites for hydroxylation is 1. The molecule has 0 aliphatic carbocycles. The quantitative estimate of drug-likeness (QED) is 0.329. The Morgan fingerprint density at radius 1 is 1.13 bits per heavy atom. The van der Waals surface area contributed by atoms with Gasteiger partial charge in [-0.3, -0.25) is 9.59 Å². The first kappa shape index (κ1) is 22.0. The highest BCUT2D eigenvalue weighted by molar-refractivity contribution is 7.18. The number of aliphatic imine (C=N–C) groups is 1. The first-order valence-corrected chi connectivity index (χ1v) is 10.3. The molecule has 6 N–H and O–H groups in total. The van der Waals surface area contributed by atoms with Gasteiger partial charge in [-0.05, 0) is 37.1 Å². The summed E-state index contributed by atoms with van der Waals surface area (Å²) in [6.07, 6.45) is -0.325. The molecule has 0 aliphatic heterocycles. The van der Waals surface area contributed by atoms with E-state index in [0.29, 0.717) is 16.4 Å². The van der Waals surface area contributed by atoms with E-state index in [1.807, 2.05) is 25.1 Å². The molecule has 3 rings (SSSR count). The number of carbonyl (C=O) groups is 2. The van der Waals surface area contributed by atoms with Crippen LogP contribution in [0.1, 0.15) is 24.6 Å². The third kappa shape index (κ3) is 5.07. The molecule has 8 nitrogen and oxygen atoms in total. The number of carbonyl (C=O) groups excluding carboxylic acids is 1. The van der Waals surface area contributed by atoms with Crippen molar-refractivity contribution in [2.45, 2.75) is 25.7 Å². The Labute approximate surface area is 183 Å². The van der Waals surface area contributed by atoms with Crippen molar-refractivity contribution in [1.29, 1.82) is 0 Å². The monoisotopic (exact) mass is 437 g/mol. The Balaban J connectivity index is 1.83. The molecule has 1 heterocycles. The summed E-state index contributed by atoms with van der Waals surface area (Å²) in [7, 11) is 0. The van der Waals surface area contributed by atoms with Gasteiger partial charge in [0.15, 0.2) is 5.96 Å². The van der Waals surface area contributed by atoms with E-state index in [9.17, 15) is 14.7 Å². The smallest absolute Gasteiger partial charge is 0.304 e. The highest BCUT2D eigenvalue weighted by Crippen LogP contribution is 2.35. The molecule has 0 saturated heterocycles. The lowest BCUT2D eigenvalue weighted by Crippen LogP contribution is -2.39. The summed E-state index contributed by atoms with van der Waals surface area (Å²) in [6, 6.07) is 16.1. The number of nitrogens with zero attached hydrogens (tertiary/aromatic N) is 2. The van der Waals surface area contributed by atoms with Gasteiger partial charge >= 0.3 is 5.97 Å². The summed E-state index contributed by atoms with van der Waals surface area (Å²) in [5.41, 5.74) is 12.5. The van der Waals surface area contributed by atoms with Crippen molar-refractivity contribution in [2.24, 2.45) is 16.5 Å². The van der Waals surface area contributed by atoms with Crippen molar-refractivity contribution in [1.82, 2.24) is 4.98 Å². The third-order valence-corrected chi connectivity index (χ3v) is 5.93. The summed E-state index contributed by atoms with van der Waals surface area (Å²) in [5, 5.41) is 12.7. The molecule has 0 fully saturated rings. The van der Waals surface area contributed by atoms with Gasteiger partial charge in [-0.1, -0.05) is 53.8 Å². The minimum absolute atomic E-state index is 0.0545. The number of aromatic nitrogens is 1. The number of nitrogens with one attached hydrogen (secondary N) is 1. The third-order valence-electron chi connectivity index (χ3n) is 4.83. The number of carboxylic acid groups (broad SMARTS) is 1. The van der Waals surface area contributed by atoms with Crippen LogP contribution in [-0.4, -0.2) is 27.9 Å². The lowest BCUT2D eigenvalue weighted by molar-refractivity contribution is -0.140. The van der Waals surface area contributed by atoms with Crippen LogP contribution in [0.3, 0.4) is 0 Å². The summed E-state index contributed by atoms with van der Waals surface area (Å²) < 4.78 is 0. The van der Waals surface area contributed by atoms with Crippen molar-refractivity contribution in [3.8, 4) is 10.4 Å². The molecule has 9 heteroatoms. The molecule has 3 aromatic rings. The SMILES string of the molecule is Cc1nc(N=C(N)N)sc1-c1ccc(NC(=O)C(C)(CC(=O)O)c2ccccc2)cc1. The number of aliphatic carboxylic acids is 1. The number of benzene rings is 2. The van der Waals surface area contributed by atoms with E-state index in [0.717, 1.165) is 16.1 Å². The molecule has 2 aromatic carbocycles. The second kappa shape index (κ2) is 8.97. The molecule has 160 valence electrons. The van der Waals surface area contributed by atoms with Gasteiger partial charge in [0.05, 0.1) is 22.4 Å². The lowest BCUT2D eigenvalue weighted by atomic mass is 9.78. The standard InChI is InChI=1S/C22H23N5O3S/c1-13-18(31-21(25-13)27-20(23)24)14-8-10-16(11-9-14)26-19(30)22(2,12-17(28)29)15-6-4-3-5-7-15/h3-11H,12H2,1-2H3,(H,26,30)(H,28,29)(H4,23,24,25,27). The lowest BCUT2D eigenvalue weighted by Gasteiger charge is -2.27. The van der Waals surface area contributed by atoms with Crippen LogP contribution in [0.25, 0.3) is 10.4 Å². The molecule has 1 unspecified atom stereocenters. The predicted octanol–water partition coefficient (Wildman–Crippen LogP) is 3.39. The van der Waals surface area contributed by atoms with Gasteiger partial charge in [0.1, 0.15) is 0 Å². The van der Waals surface area contributed by atoms with Crippen LogP contribution in [0.5, 0.6) is 0 Å². The zero-order chi connectivity index (χ0) is 22.6. The predicted molar refractivity (Wildman–Crippen MR) is 122 cm³/mol. The average Bonchev–Trinajstić information content (AvgIpc) is 3.07. The fraction of sp³-hybridized carbons (Fsp3) is 0.182. The topological polar surface area (TPSA) is 144 Å². The van der Waals surface area contributed by atoms with Gasteiger partial charge < -0.3 is 21.9 Å². The molecule has 0 saturated carbocycles. The van der Waals surface area contributed by atoms with Gasteiger partial charge in [0, 0.05) is 5.69 Å². The first-order valence-electron chi connectivity index (χ1n) is 9.45. The number of hydrogen-bond donors (Lipinski definition) is 4. The van der Waals surface area contributed by atoms with E-state index in [1.165, 1.54) is 11.3 Å². The number of anilines is 1. The van der Waals surface area contributed by atoms with Crippen LogP contribution >= 0.6 is 11.3 Å². The summed E-state index contributed by atoms with van der Waals surface area (Å²) in [6.45, 7) is 3.50. The van der Waals surface area contributed by atoms with Crippen LogP contribution in [0.4, 0.5) is 10.8 Å². The maximum Gasteiger partial charge on any atom is 0.304 e. The summed E-state index contributed by atoms with van der Waals surface area (Å²) >= 11 is 1.36. The fourth-order valence-electron chi connectivity index (χ4n) is 3.20. The van der Waals surface area contributed by atoms with Gasteiger partial charge in [-0.25, -0.2) is 4.98 Å². The van der Waals surface area contributed by atoms with Crippen LogP contribution < -0.4 is 16.8 Å². The van der Waals surface area contributed by atoms with Crippen LogP contribution in [0, 0.1) is 6.92 Å². The van der Waals surface area contributed by atoms with E-state index in [-0.39, 0.29) is 12.4 Å². The molecule has 0 radical (unpaired) electrons. The van der Waals surface area contributed by atoms with Crippen LogP contribution in [0.2, 0.25) is 0 Å². The number of thiazole rings is 1. The number of rotatable bonds is 7. The Bertz CT molecular complexity index is 1120. The van der Waals surface area contributed by atoms with Crippen molar-refractivity contribution in [2.75, 3.05) is 5.32 Å². The van der Waals surface area contributed by atoms with E-state index in [2.05, 4.69) is 15.3 Å².